The smallest absolute Gasteiger partial charge is 0.408 e. The lowest BCUT2D eigenvalue weighted by Gasteiger charge is -2.10. The zero-order valence-electron chi connectivity index (χ0n) is 17.3. The van der Waals surface area contributed by atoms with Gasteiger partial charge in [0.15, 0.2) is 5.58 Å². The normalized spacial score (nSPS) is 10.8. The van der Waals surface area contributed by atoms with E-state index in [9.17, 15) is 18.8 Å². The van der Waals surface area contributed by atoms with Gasteiger partial charge in [-0.1, -0.05) is 41.9 Å². The van der Waals surface area contributed by atoms with Gasteiger partial charge in [0.1, 0.15) is 5.82 Å². The van der Waals surface area contributed by atoms with Crippen molar-refractivity contribution >= 4 is 45.9 Å². The van der Waals surface area contributed by atoms with Crippen molar-refractivity contribution in [2.75, 3.05) is 10.6 Å². The molecule has 0 aliphatic heterocycles. The average molecular weight is 468 g/mol. The van der Waals surface area contributed by atoms with E-state index in [0.717, 1.165) is 11.6 Å². The van der Waals surface area contributed by atoms with Crippen LogP contribution in [0.4, 0.5) is 15.8 Å². The second-order valence-corrected chi connectivity index (χ2v) is 7.77. The van der Waals surface area contributed by atoms with Gasteiger partial charge in [-0.15, -0.1) is 0 Å². The van der Waals surface area contributed by atoms with E-state index in [-0.39, 0.29) is 31.0 Å². The number of hydrogen-bond donors (Lipinski definition) is 2. The predicted molar refractivity (Wildman–Crippen MR) is 124 cm³/mol. The van der Waals surface area contributed by atoms with Crippen molar-refractivity contribution in [2.45, 2.75) is 19.4 Å². The van der Waals surface area contributed by atoms with Crippen molar-refractivity contribution in [1.29, 1.82) is 0 Å². The number of carbonyl (C=O) groups excluding carboxylic acids is 2. The van der Waals surface area contributed by atoms with Crippen LogP contribution >= 0.6 is 11.6 Å². The second-order valence-electron chi connectivity index (χ2n) is 7.34. The van der Waals surface area contributed by atoms with Crippen LogP contribution in [-0.4, -0.2) is 16.4 Å². The number of oxazole rings is 1. The third-order valence-electron chi connectivity index (χ3n) is 4.92. The minimum Gasteiger partial charge on any atom is -0.408 e. The van der Waals surface area contributed by atoms with Gasteiger partial charge in [0.25, 0.3) is 0 Å². The summed E-state index contributed by atoms with van der Waals surface area (Å²) in [5.74, 6) is -1.98. The molecule has 2 amide bonds. The van der Waals surface area contributed by atoms with E-state index in [1.165, 1.54) is 22.8 Å². The molecule has 0 unspecified atom stereocenters. The van der Waals surface area contributed by atoms with E-state index < -0.39 is 17.5 Å². The van der Waals surface area contributed by atoms with E-state index in [2.05, 4.69) is 10.6 Å². The Morgan fingerprint density at radius 3 is 2.55 bits per heavy atom. The molecule has 4 aromatic rings. The Morgan fingerprint density at radius 2 is 1.76 bits per heavy atom. The summed E-state index contributed by atoms with van der Waals surface area (Å²) in [4.78, 5) is 36.7. The molecule has 0 fully saturated rings. The number of rotatable bonds is 7. The third-order valence-corrected chi connectivity index (χ3v) is 5.16. The van der Waals surface area contributed by atoms with E-state index in [1.807, 2.05) is 18.2 Å². The van der Waals surface area contributed by atoms with Crippen LogP contribution in [0.3, 0.4) is 0 Å². The first-order chi connectivity index (χ1) is 15.9. The summed E-state index contributed by atoms with van der Waals surface area (Å²) in [5.41, 5.74) is 1.93. The lowest BCUT2D eigenvalue weighted by Crippen LogP contribution is -2.20. The van der Waals surface area contributed by atoms with Gasteiger partial charge in [-0.25, -0.2) is 9.18 Å². The van der Waals surface area contributed by atoms with Crippen LogP contribution in [0.15, 0.2) is 75.9 Å². The number of amides is 2. The first-order valence-corrected chi connectivity index (χ1v) is 10.5. The molecule has 33 heavy (non-hydrogen) atoms. The van der Waals surface area contributed by atoms with Gasteiger partial charge in [-0.05, 0) is 35.9 Å². The SMILES string of the molecule is O=C(CCn1c(=O)oc2cc(Cl)ccc21)Nc1ccc(F)c(NC(=O)Cc2ccccc2)c1. The van der Waals surface area contributed by atoms with Crippen LogP contribution in [-0.2, 0) is 22.6 Å². The summed E-state index contributed by atoms with van der Waals surface area (Å²) in [5, 5.41) is 5.61. The quantitative estimate of drug-likeness (QED) is 0.415. The molecule has 0 aliphatic carbocycles. The van der Waals surface area contributed by atoms with Gasteiger partial charge in [0, 0.05) is 29.7 Å². The molecule has 4 rings (SSSR count). The van der Waals surface area contributed by atoms with Crippen LogP contribution in [0.25, 0.3) is 11.1 Å². The molecule has 0 aliphatic rings. The van der Waals surface area contributed by atoms with E-state index in [1.54, 1.807) is 24.3 Å². The van der Waals surface area contributed by atoms with Crippen molar-refractivity contribution in [1.82, 2.24) is 4.57 Å². The maximum absolute atomic E-state index is 14.2. The summed E-state index contributed by atoms with van der Waals surface area (Å²) >= 11 is 5.91. The Morgan fingerprint density at radius 1 is 0.970 bits per heavy atom. The zero-order chi connectivity index (χ0) is 23.4. The molecule has 0 radical (unpaired) electrons. The van der Waals surface area contributed by atoms with Crippen molar-refractivity contribution in [2.24, 2.45) is 0 Å². The molecular weight excluding hydrogens is 449 g/mol. The lowest BCUT2D eigenvalue weighted by molar-refractivity contribution is -0.116. The van der Waals surface area contributed by atoms with E-state index >= 15 is 0 Å². The number of anilines is 2. The van der Waals surface area contributed by atoms with Gasteiger partial charge < -0.3 is 15.1 Å². The highest BCUT2D eigenvalue weighted by Crippen LogP contribution is 2.21. The van der Waals surface area contributed by atoms with Crippen molar-refractivity contribution in [3.8, 4) is 0 Å². The van der Waals surface area contributed by atoms with E-state index in [0.29, 0.717) is 21.8 Å². The number of carbonyl (C=O) groups is 2. The number of hydrogen-bond acceptors (Lipinski definition) is 4. The molecule has 168 valence electrons. The Kier molecular flexibility index (Phi) is 6.55. The summed E-state index contributed by atoms with van der Waals surface area (Å²) in [6.45, 7) is 0.0845. The number of nitrogens with one attached hydrogen (secondary N) is 2. The average Bonchev–Trinajstić information content (AvgIpc) is 3.09. The molecule has 0 saturated heterocycles. The molecule has 0 atom stereocenters. The standard InChI is InChI=1S/C24H19ClFN3O4/c25-16-6-9-20-21(13-16)33-24(32)29(20)11-10-22(30)27-17-7-8-18(26)19(14-17)28-23(31)12-15-4-2-1-3-5-15/h1-9,13-14H,10-12H2,(H,27,30)(H,28,31). The monoisotopic (exact) mass is 467 g/mol. The Balaban J connectivity index is 1.39. The largest absolute Gasteiger partial charge is 0.419 e. The highest BCUT2D eigenvalue weighted by Gasteiger charge is 2.13. The fourth-order valence-electron chi connectivity index (χ4n) is 3.36. The first-order valence-electron chi connectivity index (χ1n) is 10.1. The predicted octanol–water partition coefficient (Wildman–Crippen LogP) is 4.60. The topological polar surface area (TPSA) is 93.3 Å². The molecule has 1 heterocycles. The van der Waals surface area contributed by atoms with Gasteiger partial charge in [-0.2, -0.15) is 0 Å². The summed E-state index contributed by atoms with van der Waals surface area (Å²) in [7, 11) is 0. The minimum atomic E-state index is -0.621. The fourth-order valence-corrected chi connectivity index (χ4v) is 3.53. The van der Waals surface area contributed by atoms with Crippen LogP contribution in [0.1, 0.15) is 12.0 Å². The number of aryl methyl sites for hydroxylation is 1. The van der Waals surface area contributed by atoms with Crippen molar-refractivity contribution in [3.05, 3.63) is 93.7 Å². The summed E-state index contributed by atoms with van der Waals surface area (Å²) in [6, 6.07) is 17.8. The second kappa shape index (κ2) is 9.70. The van der Waals surface area contributed by atoms with E-state index in [4.69, 9.17) is 16.0 Å². The van der Waals surface area contributed by atoms with Gasteiger partial charge in [0.2, 0.25) is 11.8 Å². The summed E-state index contributed by atoms with van der Waals surface area (Å²) in [6.07, 6.45) is 0.0692. The number of aromatic nitrogens is 1. The molecule has 1 aromatic heterocycles. The minimum absolute atomic E-state index is 0.0236. The molecule has 2 N–H and O–H groups in total. The van der Waals surface area contributed by atoms with Crippen molar-refractivity contribution < 1.29 is 18.4 Å². The lowest BCUT2D eigenvalue weighted by atomic mass is 10.1. The van der Waals surface area contributed by atoms with Crippen LogP contribution < -0.4 is 16.4 Å². The zero-order valence-corrected chi connectivity index (χ0v) is 18.1. The van der Waals surface area contributed by atoms with Gasteiger partial charge in [0.05, 0.1) is 17.6 Å². The maximum Gasteiger partial charge on any atom is 0.419 e. The summed E-state index contributed by atoms with van der Waals surface area (Å²) < 4.78 is 20.7. The van der Waals surface area contributed by atoms with Crippen LogP contribution in [0, 0.1) is 5.82 Å². The van der Waals surface area contributed by atoms with Crippen LogP contribution in [0.5, 0.6) is 0 Å². The Hall–Kier alpha value is -3.91. The third kappa shape index (κ3) is 5.48. The molecule has 3 aromatic carbocycles. The Bertz CT molecular complexity index is 1380. The number of halogens is 2. The van der Waals surface area contributed by atoms with Gasteiger partial charge >= 0.3 is 5.76 Å². The highest BCUT2D eigenvalue weighted by molar-refractivity contribution is 6.31. The molecule has 0 spiro atoms. The first kappa shape index (κ1) is 22.3. The van der Waals surface area contributed by atoms with Gasteiger partial charge in [-0.3, -0.25) is 14.2 Å². The Labute approximate surface area is 192 Å². The maximum atomic E-state index is 14.2. The molecular formula is C24H19ClFN3O4. The highest BCUT2D eigenvalue weighted by atomic mass is 35.5. The molecule has 7 nitrogen and oxygen atoms in total. The fraction of sp³-hybridized carbons (Fsp3) is 0.125. The number of fused-ring (bicyclic) bond motifs is 1. The van der Waals surface area contributed by atoms with Crippen LogP contribution in [0.2, 0.25) is 5.02 Å². The number of nitrogens with zero attached hydrogens (tertiary/aromatic N) is 1. The molecule has 9 heteroatoms. The number of benzene rings is 3. The molecule has 0 saturated carbocycles. The molecule has 0 bridgehead atoms. The van der Waals surface area contributed by atoms with Crippen molar-refractivity contribution in [3.63, 3.8) is 0 Å².